The molecule has 1 aliphatic rings. The maximum absolute atomic E-state index is 13.4. The van der Waals surface area contributed by atoms with E-state index in [1.165, 1.54) is 0 Å². The first-order valence-electron chi connectivity index (χ1n) is 9.62. The minimum atomic E-state index is -0.400. The Morgan fingerprint density at radius 1 is 1.10 bits per heavy atom. The lowest BCUT2D eigenvalue weighted by molar-refractivity contribution is -0.135. The lowest BCUT2D eigenvalue weighted by Crippen LogP contribution is -2.39. The van der Waals surface area contributed by atoms with Gasteiger partial charge in [0.05, 0.1) is 19.6 Å². The highest BCUT2D eigenvalue weighted by Crippen LogP contribution is 2.37. The van der Waals surface area contributed by atoms with Crippen LogP contribution in [0.1, 0.15) is 22.7 Å². The second kappa shape index (κ2) is 8.59. The van der Waals surface area contributed by atoms with Crippen molar-refractivity contribution in [2.75, 3.05) is 19.0 Å². The number of fused-ring (bicyclic) bond motifs is 1. The molecule has 0 radical (unpaired) electrons. The number of carbonyl (C=O) groups excluding carboxylic acids is 2. The van der Waals surface area contributed by atoms with Crippen LogP contribution in [0.2, 0.25) is 5.02 Å². The molecule has 1 unspecified atom stereocenters. The van der Waals surface area contributed by atoms with Crippen LogP contribution in [-0.4, -0.2) is 30.4 Å². The molecular weight excluding hydrogens is 400 g/mol. The van der Waals surface area contributed by atoms with Crippen LogP contribution in [0.4, 0.5) is 5.69 Å². The molecule has 6 heteroatoms. The SMILES string of the molecule is COc1ccc(CC(=O)N2CC(=O)Nc3cc(Cl)ccc3C2c2ccccc2)cc1. The lowest BCUT2D eigenvalue weighted by Gasteiger charge is -2.30. The number of hydrogen-bond donors (Lipinski definition) is 1. The van der Waals surface area contributed by atoms with Crippen LogP contribution < -0.4 is 10.1 Å². The highest BCUT2D eigenvalue weighted by atomic mass is 35.5. The maximum atomic E-state index is 13.4. The third kappa shape index (κ3) is 4.16. The molecule has 0 saturated carbocycles. The fourth-order valence-electron chi connectivity index (χ4n) is 3.73. The van der Waals surface area contributed by atoms with Crippen molar-refractivity contribution in [1.29, 1.82) is 0 Å². The Kier molecular flexibility index (Phi) is 5.72. The molecule has 0 fully saturated rings. The number of anilines is 1. The van der Waals surface area contributed by atoms with Gasteiger partial charge < -0.3 is 15.0 Å². The molecule has 4 rings (SSSR count). The van der Waals surface area contributed by atoms with E-state index in [9.17, 15) is 9.59 Å². The molecule has 0 aliphatic carbocycles. The fourth-order valence-corrected chi connectivity index (χ4v) is 3.90. The van der Waals surface area contributed by atoms with Gasteiger partial charge in [-0.3, -0.25) is 9.59 Å². The van der Waals surface area contributed by atoms with E-state index in [1.54, 1.807) is 24.1 Å². The van der Waals surface area contributed by atoms with Crippen LogP contribution in [0.25, 0.3) is 0 Å². The molecule has 3 aromatic rings. The molecule has 0 bridgehead atoms. The number of nitrogens with one attached hydrogen (secondary N) is 1. The summed E-state index contributed by atoms with van der Waals surface area (Å²) in [5.41, 5.74) is 3.25. The van der Waals surface area contributed by atoms with Gasteiger partial charge in [0.25, 0.3) is 0 Å². The Labute approximate surface area is 180 Å². The largest absolute Gasteiger partial charge is 0.497 e. The van der Waals surface area contributed by atoms with Crippen molar-refractivity contribution in [3.05, 3.63) is 94.5 Å². The van der Waals surface area contributed by atoms with Crippen LogP contribution >= 0.6 is 11.6 Å². The normalized spacial score (nSPS) is 15.7. The Bertz CT molecular complexity index is 1070. The van der Waals surface area contributed by atoms with E-state index >= 15 is 0 Å². The summed E-state index contributed by atoms with van der Waals surface area (Å²) in [6.45, 7) is -0.0408. The van der Waals surface area contributed by atoms with Crippen molar-refractivity contribution in [3.8, 4) is 5.75 Å². The van der Waals surface area contributed by atoms with Crippen molar-refractivity contribution in [3.63, 3.8) is 0 Å². The van der Waals surface area contributed by atoms with Gasteiger partial charge in [-0.25, -0.2) is 0 Å². The van der Waals surface area contributed by atoms with Gasteiger partial charge in [-0.05, 0) is 35.4 Å². The standard InChI is InChI=1S/C24H21ClN2O3/c1-30-19-10-7-16(8-11-19)13-23(29)27-15-22(28)26-21-14-18(25)9-12-20(21)24(27)17-5-3-2-4-6-17/h2-12,14,24H,13,15H2,1H3,(H,26,28). The Morgan fingerprint density at radius 3 is 2.53 bits per heavy atom. The topological polar surface area (TPSA) is 58.6 Å². The summed E-state index contributed by atoms with van der Waals surface area (Å²) in [5, 5.41) is 3.42. The van der Waals surface area contributed by atoms with Gasteiger partial charge >= 0.3 is 0 Å². The van der Waals surface area contributed by atoms with Crippen LogP contribution in [-0.2, 0) is 16.0 Å². The summed E-state index contributed by atoms with van der Waals surface area (Å²) in [5.74, 6) is 0.348. The third-order valence-corrected chi connectivity index (χ3v) is 5.39. The first kappa shape index (κ1) is 20.0. The number of rotatable bonds is 4. The van der Waals surface area contributed by atoms with Crippen molar-refractivity contribution in [2.24, 2.45) is 0 Å². The van der Waals surface area contributed by atoms with Gasteiger partial charge in [-0.2, -0.15) is 0 Å². The summed E-state index contributed by atoms with van der Waals surface area (Å²) in [6, 6.07) is 22.1. The Hall–Kier alpha value is -3.31. The summed E-state index contributed by atoms with van der Waals surface area (Å²) in [7, 11) is 1.60. The molecule has 1 N–H and O–H groups in total. The Morgan fingerprint density at radius 2 is 1.83 bits per heavy atom. The number of hydrogen-bond acceptors (Lipinski definition) is 3. The van der Waals surface area contributed by atoms with Crippen LogP contribution in [0.5, 0.6) is 5.75 Å². The number of ether oxygens (including phenoxy) is 1. The molecule has 30 heavy (non-hydrogen) atoms. The van der Waals surface area contributed by atoms with E-state index in [1.807, 2.05) is 60.7 Å². The molecule has 5 nitrogen and oxygen atoms in total. The van der Waals surface area contributed by atoms with Gasteiger partial charge in [0.2, 0.25) is 11.8 Å². The quantitative estimate of drug-likeness (QED) is 0.677. The van der Waals surface area contributed by atoms with Crippen molar-refractivity contribution in [1.82, 2.24) is 4.90 Å². The number of halogens is 1. The maximum Gasteiger partial charge on any atom is 0.244 e. The molecule has 1 heterocycles. The fraction of sp³-hybridized carbons (Fsp3) is 0.167. The zero-order valence-electron chi connectivity index (χ0n) is 16.5. The first-order valence-corrected chi connectivity index (χ1v) is 9.99. The summed E-state index contributed by atoms with van der Waals surface area (Å²) in [4.78, 5) is 27.6. The minimum absolute atomic E-state index is 0.0408. The monoisotopic (exact) mass is 420 g/mol. The highest BCUT2D eigenvalue weighted by molar-refractivity contribution is 6.31. The number of nitrogens with zero attached hydrogens (tertiary/aromatic N) is 1. The molecule has 1 atom stereocenters. The second-order valence-electron chi connectivity index (χ2n) is 7.14. The number of carbonyl (C=O) groups is 2. The molecule has 3 aromatic carbocycles. The van der Waals surface area contributed by atoms with E-state index in [2.05, 4.69) is 5.32 Å². The zero-order chi connectivity index (χ0) is 21.1. The molecule has 1 aliphatic heterocycles. The van der Waals surface area contributed by atoms with Gasteiger partial charge in [0, 0.05) is 16.3 Å². The van der Waals surface area contributed by atoms with Crippen LogP contribution in [0.3, 0.4) is 0 Å². The van der Waals surface area contributed by atoms with Gasteiger partial charge in [0.1, 0.15) is 12.3 Å². The minimum Gasteiger partial charge on any atom is -0.497 e. The number of methoxy groups -OCH3 is 1. The first-order chi connectivity index (χ1) is 14.5. The van der Waals surface area contributed by atoms with Crippen molar-refractivity contribution < 1.29 is 14.3 Å². The molecule has 152 valence electrons. The molecule has 2 amide bonds. The van der Waals surface area contributed by atoms with E-state index in [0.29, 0.717) is 10.7 Å². The highest BCUT2D eigenvalue weighted by Gasteiger charge is 2.33. The zero-order valence-corrected chi connectivity index (χ0v) is 17.2. The van der Waals surface area contributed by atoms with Gasteiger partial charge in [0.15, 0.2) is 0 Å². The molecule has 0 aromatic heterocycles. The summed E-state index contributed by atoms with van der Waals surface area (Å²) in [6.07, 6.45) is 0.184. The third-order valence-electron chi connectivity index (χ3n) is 5.16. The molecule has 0 saturated heterocycles. The number of amides is 2. The Balaban J connectivity index is 1.74. The average molecular weight is 421 g/mol. The number of benzene rings is 3. The van der Waals surface area contributed by atoms with Crippen LogP contribution in [0, 0.1) is 0 Å². The summed E-state index contributed by atoms with van der Waals surface area (Å²) >= 11 is 6.16. The smallest absolute Gasteiger partial charge is 0.244 e. The van der Waals surface area contributed by atoms with E-state index in [-0.39, 0.29) is 24.8 Å². The van der Waals surface area contributed by atoms with Crippen LogP contribution in [0.15, 0.2) is 72.8 Å². The van der Waals surface area contributed by atoms with Gasteiger partial charge in [-0.1, -0.05) is 60.1 Å². The van der Waals surface area contributed by atoms with Gasteiger partial charge in [-0.15, -0.1) is 0 Å². The van der Waals surface area contributed by atoms with E-state index in [0.717, 1.165) is 22.4 Å². The van der Waals surface area contributed by atoms with E-state index in [4.69, 9.17) is 16.3 Å². The average Bonchev–Trinajstić information content (AvgIpc) is 2.90. The predicted molar refractivity (Wildman–Crippen MR) is 117 cm³/mol. The van der Waals surface area contributed by atoms with E-state index < -0.39 is 6.04 Å². The second-order valence-corrected chi connectivity index (χ2v) is 7.58. The lowest BCUT2D eigenvalue weighted by atomic mass is 9.95. The molecule has 0 spiro atoms. The molecular formula is C24H21ClN2O3. The summed E-state index contributed by atoms with van der Waals surface area (Å²) < 4.78 is 5.19. The van der Waals surface area contributed by atoms with Crippen molar-refractivity contribution >= 4 is 29.1 Å². The van der Waals surface area contributed by atoms with Crippen molar-refractivity contribution in [2.45, 2.75) is 12.5 Å². The predicted octanol–water partition coefficient (Wildman–Crippen LogP) is 4.46.